The van der Waals surface area contributed by atoms with E-state index in [1.54, 1.807) is 78.3 Å². The monoisotopic (exact) mass is 708 g/mol. The van der Waals surface area contributed by atoms with Crippen LogP contribution >= 0.6 is 11.3 Å². The van der Waals surface area contributed by atoms with Crippen LogP contribution in [0.2, 0.25) is 0 Å². The molecule has 7 rings (SSSR count). The summed E-state index contributed by atoms with van der Waals surface area (Å²) in [6.07, 6.45) is -0.655. The lowest BCUT2D eigenvalue weighted by Crippen LogP contribution is -2.47. The molecule has 13 nitrogen and oxygen atoms in total. The van der Waals surface area contributed by atoms with Crippen LogP contribution in [0.4, 0.5) is 10.2 Å². The van der Waals surface area contributed by atoms with Crippen molar-refractivity contribution < 1.29 is 28.2 Å². The van der Waals surface area contributed by atoms with Crippen LogP contribution < -0.4 is 22.1 Å². The molecule has 2 aliphatic carbocycles. The van der Waals surface area contributed by atoms with Crippen molar-refractivity contribution in [3.63, 3.8) is 0 Å². The molecular weight excluding hydrogens is 676 g/mol. The second-order valence-corrected chi connectivity index (χ2v) is 13.3. The van der Waals surface area contributed by atoms with Crippen molar-refractivity contribution in [2.45, 2.75) is 36.8 Å². The first-order valence-electron chi connectivity index (χ1n) is 16.1. The molecule has 260 valence electrons. The third-order valence-electron chi connectivity index (χ3n) is 9.43. The number of nitrogens with two attached hydrogens (primary N) is 2. The summed E-state index contributed by atoms with van der Waals surface area (Å²) in [6.45, 7) is 0. The molecule has 2 aliphatic rings. The number of carbonyl (C=O) groups is 3. The highest BCUT2D eigenvalue weighted by Gasteiger charge is 2.78. The number of imidazole rings is 1. The molecule has 1 amide bonds. The molecule has 3 heterocycles. The summed E-state index contributed by atoms with van der Waals surface area (Å²) < 4.78 is 27.6. The number of ether oxygens (including phenoxy) is 2. The maximum Gasteiger partial charge on any atom is 0.328 e. The van der Waals surface area contributed by atoms with E-state index in [0.29, 0.717) is 39.4 Å². The summed E-state index contributed by atoms with van der Waals surface area (Å²) in [5.41, 5.74) is 13.2. The van der Waals surface area contributed by atoms with Gasteiger partial charge in [-0.05, 0) is 41.5 Å². The van der Waals surface area contributed by atoms with Gasteiger partial charge in [-0.2, -0.15) is 4.39 Å². The fourth-order valence-corrected chi connectivity index (χ4v) is 7.48. The summed E-state index contributed by atoms with van der Waals surface area (Å²) in [4.78, 5) is 55.5. The highest BCUT2D eigenvalue weighted by Crippen LogP contribution is 2.69. The van der Waals surface area contributed by atoms with Crippen molar-refractivity contribution in [2.24, 2.45) is 22.8 Å². The van der Waals surface area contributed by atoms with E-state index in [4.69, 9.17) is 25.9 Å². The molecule has 0 aliphatic heterocycles. The third kappa shape index (κ3) is 6.07. The molecule has 0 bridgehead atoms. The highest BCUT2D eigenvalue weighted by molar-refractivity contribution is 7.10. The Balaban J connectivity index is 1.32. The fraction of sp³-hybridized carbons (Fsp3) is 0.278. The minimum atomic E-state index is -1.27. The van der Waals surface area contributed by atoms with Crippen LogP contribution in [0.15, 0.2) is 79.1 Å². The van der Waals surface area contributed by atoms with E-state index >= 15 is 0 Å². The standard InChI is InChI=1S/C36H33FN8O5S/c1-40-31-27-32(44-24(43-31)16-14-21-13-15-23(37)51-21)45(18-42-27)28-22-17-36(22,35(48)41-2)30(50-34(47)26(39)20-11-7-4-8-12-20)29(28)49-33(46)25(38)19-9-5-3-6-10-19/h3-13,15,18,22,25-26,28-30H,17,38-39H2,1-2H3,(H,41,48)(H,40,43,44). The number of halogens is 1. The van der Waals surface area contributed by atoms with E-state index < -0.39 is 53.6 Å². The van der Waals surface area contributed by atoms with Crippen LogP contribution in [0.5, 0.6) is 0 Å². The van der Waals surface area contributed by atoms with E-state index in [1.807, 2.05) is 0 Å². The molecule has 3 aromatic heterocycles. The molecule has 0 spiro atoms. The Kier molecular flexibility index (Phi) is 8.98. The Hall–Kier alpha value is -5.69. The molecule has 2 fully saturated rings. The largest absolute Gasteiger partial charge is 0.456 e. The van der Waals surface area contributed by atoms with Crippen molar-refractivity contribution >= 4 is 46.2 Å². The number of aromatic nitrogens is 4. The zero-order chi connectivity index (χ0) is 35.9. The second kappa shape index (κ2) is 13.6. The molecule has 0 radical (unpaired) electrons. The first-order chi connectivity index (χ1) is 24.7. The number of amides is 1. The van der Waals surface area contributed by atoms with Crippen LogP contribution in [-0.2, 0) is 23.9 Å². The number of benzene rings is 2. The number of nitrogens with zero attached hydrogens (tertiary/aromatic N) is 4. The number of anilines is 1. The first-order valence-corrected chi connectivity index (χ1v) is 16.9. The van der Waals surface area contributed by atoms with Gasteiger partial charge in [0.05, 0.1) is 22.7 Å². The molecule has 5 aromatic rings. The van der Waals surface area contributed by atoms with Crippen molar-refractivity contribution in [1.82, 2.24) is 24.8 Å². The van der Waals surface area contributed by atoms with Gasteiger partial charge in [0.1, 0.15) is 12.1 Å². The first kappa shape index (κ1) is 33.8. The predicted octanol–water partition coefficient (Wildman–Crippen LogP) is 3.00. The predicted molar refractivity (Wildman–Crippen MR) is 185 cm³/mol. The molecule has 51 heavy (non-hydrogen) atoms. The summed E-state index contributed by atoms with van der Waals surface area (Å²) >= 11 is 0.892. The lowest BCUT2D eigenvalue weighted by atomic mass is 9.97. The Morgan fingerprint density at radius 2 is 1.59 bits per heavy atom. The van der Waals surface area contributed by atoms with Crippen LogP contribution in [0.1, 0.15) is 46.4 Å². The van der Waals surface area contributed by atoms with E-state index in [0.717, 1.165) is 11.3 Å². The number of thiophene rings is 1. The number of esters is 2. The van der Waals surface area contributed by atoms with Crippen LogP contribution in [0.25, 0.3) is 11.2 Å². The smallest absolute Gasteiger partial charge is 0.328 e. The molecule has 7 unspecified atom stereocenters. The van der Waals surface area contributed by atoms with E-state index in [9.17, 15) is 18.8 Å². The van der Waals surface area contributed by atoms with Gasteiger partial charge in [0.15, 0.2) is 34.3 Å². The molecular formula is C36H33FN8O5S. The number of hydrogen-bond donors (Lipinski definition) is 4. The van der Waals surface area contributed by atoms with Crippen LogP contribution in [-0.4, -0.2) is 63.7 Å². The summed E-state index contributed by atoms with van der Waals surface area (Å²) in [5.74, 6) is 3.79. The van der Waals surface area contributed by atoms with Crippen molar-refractivity contribution in [1.29, 1.82) is 0 Å². The summed E-state index contributed by atoms with van der Waals surface area (Å²) in [7, 11) is 3.16. The number of nitrogens with one attached hydrogen (secondary N) is 2. The van der Waals surface area contributed by atoms with Crippen molar-refractivity contribution in [3.05, 3.63) is 106 Å². The minimum Gasteiger partial charge on any atom is -0.456 e. The Morgan fingerprint density at radius 1 is 0.941 bits per heavy atom. The molecule has 2 aromatic carbocycles. The average Bonchev–Trinajstić information content (AvgIpc) is 3.37. The van der Waals surface area contributed by atoms with Crippen molar-refractivity contribution in [3.8, 4) is 11.8 Å². The molecule has 2 saturated carbocycles. The van der Waals surface area contributed by atoms with E-state index in [-0.39, 0.29) is 16.9 Å². The van der Waals surface area contributed by atoms with Gasteiger partial charge >= 0.3 is 11.9 Å². The zero-order valence-electron chi connectivity index (χ0n) is 27.4. The van der Waals surface area contributed by atoms with E-state index in [1.165, 1.54) is 19.4 Å². The zero-order valence-corrected chi connectivity index (χ0v) is 28.3. The maximum atomic E-state index is 13.8. The maximum absolute atomic E-state index is 13.8. The third-order valence-corrected chi connectivity index (χ3v) is 10.2. The van der Waals surface area contributed by atoms with E-state index in [2.05, 4.69) is 32.4 Å². The second-order valence-electron chi connectivity index (χ2n) is 12.3. The normalized spacial score (nSPS) is 22.9. The summed E-state index contributed by atoms with van der Waals surface area (Å²) in [6, 6.07) is 17.1. The molecule has 7 atom stereocenters. The topological polar surface area (TPSA) is 189 Å². The average molecular weight is 709 g/mol. The minimum absolute atomic E-state index is 0.116. The fourth-order valence-electron chi connectivity index (χ4n) is 6.90. The quantitative estimate of drug-likeness (QED) is 0.130. The van der Waals surface area contributed by atoms with Gasteiger partial charge in [-0.15, -0.1) is 0 Å². The van der Waals surface area contributed by atoms with Gasteiger partial charge in [0.25, 0.3) is 0 Å². The highest BCUT2D eigenvalue weighted by atomic mass is 32.1. The van der Waals surface area contributed by atoms with Gasteiger partial charge in [-0.1, -0.05) is 72.0 Å². The Bertz CT molecular complexity index is 2180. The van der Waals surface area contributed by atoms with Gasteiger partial charge in [-0.25, -0.2) is 24.5 Å². The van der Waals surface area contributed by atoms with Crippen LogP contribution in [0, 0.1) is 28.3 Å². The SMILES string of the molecule is CNC(=O)C12CC1C(n1cnc3c(NC)nc(C#Cc4ccc(F)s4)nc31)C(OC(=O)C(N)c1ccccc1)C2OC(=O)C(N)c1ccccc1. The number of fused-ring (bicyclic) bond motifs is 2. The van der Waals surface area contributed by atoms with Gasteiger partial charge in [0, 0.05) is 20.0 Å². The lowest BCUT2D eigenvalue weighted by molar-refractivity contribution is -0.176. The van der Waals surface area contributed by atoms with Gasteiger partial charge in [-0.3, -0.25) is 4.79 Å². The molecule has 15 heteroatoms. The Morgan fingerprint density at radius 3 is 2.18 bits per heavy atom. The summed E-state index contributed by atoms with van der Waals surface area (Å²) in [5, 5.41) is 5.35. The van der Waals surface area contributed by atoms with Crippen LogP contribution in [0.3, 0.4) is 0 Å². The molecule has 6 N–H and O–H groups in total. The van der Waals surface area contributed by atoms with Gasteiger partial charge in [0.2, 0.25) is 11.7 Å². The molecule has 0 saturated heterocycles. The van der Waals surface area contributed by atoms with Crippen molar-refractivity contribution in [2.75, 3.05) is 19.4 Å². The Labute approximate surface area is 295 Å². The number of rotatable bonds is 9. The van der Waals surface area contributed by atoms with Gasteiger partial charge < -0.3 is 36.1 Å². The number of carbonyl (C=O) groups excluding carboxylic acids is 3. The number of hydrogen-bond acceptors (Lipinski definition) is 12. The lowest BCUT2D eigenvalue weighted by Gasteiger charge is -2.32.